The molecule has 1 aliphatic heterocycles. The maximum atomic E-state index is 13.5. The van der Waals surface area contributed by atoms with Gasteiger partial charge in [-0.25, -0.2) is 4.39 Å². The highest BCUT2D eigenvalue weighted by Gasteiger charge is 2.22. The lowest BCUT2D eigenvalue weighted by Crippen LogP contribution is -2.37. The molecule has 20 heavy (non-hydrogen) atoms. The highest BCUT2D eigenvalue weighted by Crippen LogP contribution is 2.33. The number of rotatable bonds is 4. The van der Waals surface area contributed by atoms with Crippen LogP contribution >= 0.6 is 0 Å². The van der Waals surface area contributed by atoms with Crippen LogP contribution in [0.1, 0.15) is 12.8 Å². The molecule has 0 aliphatic carbocycles. The molecule has 0 aromatic heterocycles. The predicted octanol–water partition coefficient (Wildman–Crippen LogP) is 2.62. The Kier molecular flexibility index (Phi) is 4.59. The first-order valence-corrected chi connectivity index (χ1v) is 6.33. The zero-order chi connectivity index (χ0) is 14.7. The standard InChI is InChI=1S/C13H17F3N2O2/c1-18(8-2-4-19-5-3-8)11-7-12(20-13(15)16)9(14)6-10(11)17/h6-8,13H,2-5,17H2,1H3. The molecule has 7 heteroatoms. The normalized spacial score (nSPS) is 16.4. The molecule has 1 heterocycles. The number of nitrogens with zero attached hydrogens (tertiary/aromatic N) is 1. The summed E-state index contributed by atoms with van der Waals surface area (Å²) in [7, 11) is 1.80. The average molecular weight is 290 g/mol. The number of hydrogen-bond acceptors (Lipinski definition) is 4. The van der Waals surface area contributed by atoms with Crippen LogP contribution in [-0.4, -0.2) is 32.9 Å². The number of ether oxygens (including phenoxy) is 2. The van der Waals surface area contributed by atoms with E-state index in [1.54, 1.807) is 7.05 Å². The van der Waals surface area contributed by atoms with Crippen LogP contribution in [0.2, 0.25) is 0 Å². The van der Waals surface area contributed by atoms with E-state index >= 15 is 0 Å². The smallest absolute Gasteiger partial charge is 0.387 e. The van der Waals surface area contributed by atoms with Crippen molar-refractivity contribution in [2.24, 2.45) is 0 Å². The molecule has 0 amide bonds. The minimum absolute atomic E-state index is 0.177. The van der Waals surface area contributed by atoms with Crippen molar-refractivity contribution in [1.82, 2.24) is 0 Å². The first-order valence-electron chi connectivity index (χ1n) is 6.33. The molecule has 2 N–H and O–H groups in total. The van der Waals surface area contributed by atoms with Gasteiger partial charge in [0.1, 0.15) is 0 Å². The summed E-state index contributed by atoms with van der Waals surface area (Å²) in [4.78, 5) is 1.86. The van der Waals surface area contributed by atoms with Crippen molar-refractivity contribution in [2.75, 3.05) is 30.9 Å². The van der Waals surface area contributed by atoms with Crippen molar-refractivity contribution >= 4 is 11.4 Å². The van der Waals surface area contributed by atoms with Crippen LogP contribution in [0.3, 0.4) is 0 Å². The zero-order valence-electron chi connectivity index (χ0n) is 11.1. The summed E-state index contributed by atoms with van der Waals surface area (Å²) in [5.41, 5.74) is 6.45. The molecule has 112 valence electrons. The minimum atomic E-state index is -3.07. The number of nitrogen functional groups attached to an aromatic ring is 1. The van der Waals surface area contributed by atoms with Crippen LogP contribution in [0.15, 0.2) is 12.1 Å². The Hall–Kier alpha value is -1.63. The number of benzene rings is 1. The van der Waals surface area contributed by atoms with E-state index in [-0.39, 0.29) is 11.7 Å². The fraction of sp³-hybridized carbons (Fsp3) is 0.538. The molecule has 0 atom stereocenters. The predicted molar refractivity (Wildman–Crippen MR) is 69.7 cm³/mol. The second-order valence-corrected chi connectivity index (χ2v) is 4.67. The van der Waals surface area contributed by atoms with Crippen molar-refractivity contribution in [3.8, 4) is 5.75 Å². The van der Waals surface area contributed by atoms with Gasteiger partial charge in [-0.05, 0) is 12.8 Å². The van der Waals surface area contributed by atoms with Gasteiger partial charge in [-0.1, -0.05) is 0 Å². The Morgan fingerprint density at radius 2 is 2.00 bits per heavy atom. The van der Waals surface area contributed by atoms with Gasteiger partial charge in [-0.15, -0.1) is 0 Å². The van der Waals surface area contributed by atoms with Gasteiger partial charge >= 0.3 is 6.61 Å². The van der Waals surface area contributed by atoms with Gasteiger partial charge < -0.3 is 20.1 Å². The van der Waals surface area contributed by atoms with Gasteiger partial charge in [0.25, 0.3) is 0 Å². The van der Waals surface area contributed by atoms with Crippen molar-refractivity contribution in [3.63, 3.8) is 0 Å². The number of anilines is 2. The molecule has 0 saturated carbocycles. The second-order valence-electron chi connectivity index (χ2n) is 4.67. The first kappa shape index (κ1) is 14.8. The molecule has 4 nitrogen and oxygen atoms in total. The molecule has 0 spiro atoms. The molecule has 1 saturated heterocycles. The van der Waals surface area contributed by atoms with Crippen LogP contribution < -0.4 is 15.4 Å². The Morgan fingerprint density at radius 3 is 2.60 bits per heavy atom. The van der Waals surface area contributed by atoms with Crippen molar-refractivity contribution in [1.29, 1.82) is 0 Å². The SMILES string of the molecule is CN(c1cc(OC(F)F)c(F)cc1N)C1CCOCC1. The fourth-order valence-corrected chi connectivity index (χ4v) is 2.32. The quantitative estimate of drug-likeness (QED) is 0.866. The van der Waals surface area contributed by atoms with E-state index in [4.69, 9.17) is 10.5 Å². The summed E-state index contributed by atoms with van der Waals surface area (Å²) >= 11 is 0. The van der Waals surface area contributed by atoms with Crippen molar-refractivity contribution in [2.45, 2.75) is 25.5 Å². The molecule has 0 radical (unpaired) electrons. The number of hydrogen-bond donors (Lipinski definition) is 1. The average Bonchev–Trinajstić information content (AvgIpc) is 2.41. The van der Waals surface area contributed by atoms with E-state index in [0.29, 0.717) is 18.9 Å². The van der Waals surface area contributed by atoms with E-state index in [1.165, 1.54) is 6.07 Å². The van der Waals surface area contributed by atoms with E-state index in [2.05, 4.69) is 4.74 Å². The van der Waals surface area contributed by atoms with E-state index in [1.807, 2.05) is 4.90 Å². The van der Waals surface area contributed by atoms with Crippen molar-refractivity contribution < 1.29 is 22.6 Å². The Labute approximate surface area is 115 Å². The van der Waals surface area contributed by atoms with Crippen LogP contribution in [0.25, 0.3) is 0 Å². The van der Waals surface area contributed by atoms with Crippen LogP contribution in [0.5, 0.6) is 5.75 Å². The van der Waals surface area contributed by atoms with Gasteiger partial charge in [0.2, 0.25) is 0 Å². The molecular weight excluding hydrogens is 273 g/mol. The highest BCUT2D eigenvalue weighted by molar-refractivity contribution is 5.70. The summed E-state index contributed by atoms with van der Waals surface area (Å²) in [6, 6.07) is 2.39. The molecular formula is C13H17F3N2O2. The fourth-order valence-electron chi connectivity index (χ4n) is 2.32. The Bertz CT molecular complexity index is 465. The van der Waals surface area contributed by atoms with E-state index in [0.717, 1.165) is 18.9 Å². The third kappa shape index (κ3) is 3.27. The molecule has 0 bridgehead atoms. The van der Waals surface area contributed by atoms with Crippen LogP contribution in [0.4, 0.5) is 24.5 Å². The Balaban J connectivity index is 2.25. The van der Waals surface area contributed by atoms with Crippen LogP contribution in [0, 0.1) is 5.82 Å². The van der Waals surface area contributed by atoms with Gasteiger partial charge in [0.15, 0.2) is 11.6 Å². The van der Waals surface area contributed by atoms with E-state index in [9.17, 15) is 13.2 Å². The molecule has 1 aliphatic rings. The van der Waals surface area contributed by atoms with E-state index < -0.39 is 18.2 Å². The largest absolute Gasteiger partial charge is 0.432 e. The number of nitrogens with two attached hydrogens (primary N) is 1. The summed E-state index contributed by atoms with van der Waals surface area (Å²) in [5.74, 6) is -1.39. The van der Waals surface area contributed by atoms with Crippen LogP contribution in [-0.2, 0) is 4.74 Å². The van der Waals surface area contributed by atoms with Gasteiger partial charge in [-0.3, -0.25) is 0 Å². The second kappa shape index (κ2) is 6.21. The van der Waals surface area contributed by atoms with Gasteiger partial charge in [-0.2, -0.15) is 8.78 Å². The third-order valence-corrected chi connectivity index (χ3v) is 3.42. The summed E-state index contributed by atoms with van der Waals surface area (Å²) < 4.78 is 47.4. The first-order chi connectivity index (χ1) is 9.49. The molecule has 2 rings (SSSR count). The summed E-state index contributed by atoms with van der Waals surface area (Å²) in [5, 5.41) is 0. The summed E-state index contributed by atoms with van der Waals surface area (Å²) in [6.07, 6.45) is 1.61. The topological polar surface area (TPSA) is 47.7 Å². The lowest BCUT2D eigenvalue weighted by Gasteiger charge is -2.33. The number of alkyl halides is 2. The molecule has 0 unspecified atom stereocenters. The monoisotopic (exact) mass is 290 g/mol. The minimum Gasteiger partial charge on any atom is -0.432 e. The Morgan fingerprint density at radius 1 is 1.35 bits per heavy atom. The molecule has 1 aromatic carbocycles. The van der Waals surface area contributed by atoms with Gasteiger partial charge in [0, 0.05) is 38.4 Å². The zero-order valence-corrected chi connectivity index (χ0v) is 11.1. The molecule has 1 fully saturated rings. The molecule has 1 aromatic rings. The maximum absolute atomic E-state index is 13.5. The third-order valence-electron chi connectivity index (χ3n) is 3.42. The van der Waals surface area contributed by atoms with Gasteiger partial charge in [0.05, 0.1) is 11.4 Å². The lowest BCUT2D eigenvalue weighted by atomic mass is 10.1. The number of halogens is 3. The highest BCUT2D eigenvalue weighted by atomic mass is 19.3. The summed E-state index contributed by atoms with van der Waals surface area (Å²) in [6.45, 7) is -1.80. The van der Waals surface area contributed by atoms with Crippen molar-refractivity contribution in [3.05, 3.63) is 17.9 Å². The maximum Gasteiger partial charge on any atom is 0.387 e. The lowest BCUT2D eigenvalue weighted by molar-refractivity contribution is -0.0521.